The molecule has 4 nitrogen and oxygen atoms in total. The summed E-state index contributed by atoms with van der Waals surface area (Å²) < 4.78 is 27.9. The van der Waals surface area contributed by atoms with Crippen LogP contribution in [0.1, 0.15) is 11.6 Å². The van der Waals surface area contributed by atoms with E-state index < -0.39 is 13.0 Å². The molecule has 0 bridgehead atoms. The molecule has 0 spiro atoms. The number of aromatic nitrogens is 3. The van der Waals surface area contributed by atoms with E-state index in [0.29, 0.717) is 18.1 Å². The number of halogens is 2. The van der Waals surface area contributed by atoms with E-state index in [9.17, 15) is 8.78 Å². The Bertz CT molecular complexity index is 252. The highest BCUT2D eigenvalue weighted by Gasteiger charge is 2.03. The molecular weight excluding hydrogens is 180 g/mol. The standard InChI is InChI=1S/C7H11F2N3O/c1-5-10-7(12-11-5)2-3-13-4-6(8)9/h6H,2-4H2,1H3,(H,10,11,12). The van der Waals surface area contributed by atoms with Gasteiger partial charge in [-0.3, -0.25) is 5.10 Å². The molecule has 0 unspecified atom stereocenters. The Morgan fingerprint density at radius 3 is 2.85 bits per heavy atom. The molecule has 0 aliphatic carbocycles. The summed E-state index contributed by atoms with van der Waals surface area (Å²) in [5.41, 5.74) is 0. The highest BCUT2D eigenvalue weighted by Crippen LogP contribution is 1.95. The van der Waals surface area contributed by atoms with Gasteiger partial charge in [0, 0.05) is 6.42 Å². The molecule has 0 aliphatic heterocycles. The molecule has 0 radical (unpaired) electrons. The van der Waals surface area contributed by atoms with Crippen LogP contribution in [0.25, 0.3) is 0 Å². The number of hydrogen-bond acceptors (Lipinski definition) is 3. The molecule has 1 aromatic rings. The third kappa shape index (κ3) is 3.93. The van der Waals surface area contributed by atoms with Crippen LogP contribution in [0.4, 0.5) is 8.78 Å². The largest absolute Gasteiger partial charge is 0.375 e. The van der Waals surface area contributed by atoms with Crippen molar-refractivity contribution in [2.45, 2.75) is 19.8 Å². The Morgan fingerprint density at radius 1 is 1.54 bits per heavy atom. The molecule has 0 saturated heterocycles. The Hall–Kier alpha value is -1.04. The number of H-pyrrole nitrogens is 1. The van der Waals surface area contributed by atoms with Crippen molar-refractivity contribution in [3.8, 4) is 0 Å². The van der Waals surface area contributed by atoms with Crippen molar-refractivity contribution in [2.24, 2.45) is 0 Å². The predicted octanol–water partition coefficient (Wildman–Crippen LogP) is 0.937. The molecule has 1 rings (SSSR count). The SMILES string of the molecule is Cc1nc(CCOCC(F)F)n[nH]1. The minimum Gasteiger partial charge on any atom is -0.375 e. The van der Waals surface area contributed by atoms with Crippen molar-refractivity contribution in [3.05, 3.63) is 11.6 Å². The first-order valence-electron chi connectivity index (χ1n) is 3.92. The molecule has 1 heterocycles. The van der Waals surface area contributed by atoms with Crippen molar-refractivity contribution in [1.29, 1.82) is 0 Å². The van der Waals surface area contributed by atoms with Gasteiger partial charge in [-0.15, -0.1) is 0 Å². The number of rotatable bonds is 5. The van der Waals surface area contributed by atoms with Crippen molar-refractivity contribution in [2.75, 3.05) is 13.2 Å². The molecule has 0 saturated carbocycles. The minimum absolute atomic E-state index is 0.224. The lowest BCUT2D eigenvalue weighted by Gasteiger charge is -1.99. The van der Waals surface area contributed by atoms with Gasteiger partial charge in [-0.05, 0) is 6.92 Å². The maximum absolute atomic E-state index is 11.6. The summed E-state index contributed by atoms with van der Waals surface area (Å²) >= 11 is 0. The van der Waals surface area contributed by atoms with Gasteiger partial charge in [-0.1, -0.05) is 0 Å². The van der Waals surface area contributed by atoms with Gasteiger partial charge in [0.25, 0.3) is 6.43 Å². The molecule has 13 heavy (non-hydrogen) atoms. The molecule has 1 aromatic heterocycles. The zero-order valence-electron chi connectivity index (χ0n) is 7.26. The second kappa shape index (κ2) is 4.86. The Morgan fingerprint density at radius 2 is 2.31 bits per heavy atom. The lowest BCUT2D eigenvalue weighted by Crippen LogP contribution is -2.07. The van der Waals surface area contributed by atoms with E-state index in [0.717, 1.165) is 0 Å². The lowest BCUT2D eigenvalue weighted by atomic mass is 10.4. The molecule has 6 heteroatoms. The van der Waals surface area contributed by atoms with Gasteiger partial charge in [0.1, 0.15) is 12.4 Å². The summed E-state index contributed by atoms with van der Waals surface area (Å²) in [6, 6.07) is 0. The molecule has 0 aliphatic rings. The first-order valence-corrected chi connectivity index (χ1v) is 3.92. The Balaban J connectivity index is 2.13. The fourth-order valence-corrected chi connectivity index (χ4v) is 0.837. The van der Waals surface area contributed by atoms with Crippen LogP contribution in [0.5, 0.6) is 0 Å². The lowest BCUT2D eigenvalue weighted by molar-refractivity contribution is 0.0183. The number of hydrogen-bond donors (Lipinski definition) is 1. The molecule has 1 N–H and O–H groups in total. The number of nitrogens with one attached hydrogen (secondary N) is 1. The molecule has 0 fully saturated rings. The highest BCUT2D eigenvalue weighted by molar-refractivity contribution is 4.87. The summed E-state index contributed by atoms with van der Waals surface area (Å²) in [5, 5.41) is 6.48. The van der Waals surface area contributed by atoms with Crippen LogP contribution < -0.4 is 0 Å². The van der Waals surface area contributed by atoms with Gasteiger partial charge in [0.05, 0.1) is 6.61 Å². The molecule has 74 valence electrons. The van der Waals surface area contributed by atoms with E-state index in [1.54, 1.807) is 6.92 Å². The van der Waals surface area contributed by atoms with Crippen LogP contribution in [0.3, 0.4) is 0 Å². The second-order valence-corrected chi connectivity index (χ2v) is 2.55. The van der Waals surface area contributed by atoms with Crippen molar-refractivity contribution >= 4 is 0 Å². The van der Waals surface area contributed by atoms with Gasteiger partial charge < -0.3 is 4.74 Å². The van der Waals surface area contributed by atoms with Crippen LogP contribution in [0, 0.1) is 6.92 Å². The first kappa shape index (κ1) is 10.0. The molecule has 0 amide bonds. The predicted molar refractivity (Wildman–Crippen MR) is 41.6 cm³/mol. The number of aromatic amines is 1. The second-order valence-electron chi connectivity index (χ2n) is 2.55. The Labute approximate surface area is 74.3 Å². The van der Waals surface area contributed by atoms with Gasteiger partial charge in [0.2, 0.25) is 0 Å². The average Bonchev–Trinajstić information content (AvgIpc) is 2.45. The van der Waals surface area contributed by atoms with Gasteiger partial charge in [-0.2, -0.15) is 5.10 Å². The smallest absolute Gasteiger partial charge is 0.261 e. The van der Waals surface area contributed by atoms with Crippen LogP contribution in [-0.2, 0) is 11.2 Å². The normalized spacial score (nSPS) is 11.1. The average molecular weight is 191 g/mol. The maximum Gasteiger partial charge on any atom is 0.261 e. The highest BCUT2D eigenvalue weighted by atomic mass is 19.3. The minimum atomic E-state index is -2.41. The van der Waals surface area contributed by atoms with E-state index in [4.69, 9.17) is 0 Å². The zero-order chi connectivity index (χ0) is 9.68. The molecule has 0 atom stereocenters. The van der Waals surface area contributed by atoms with E-state index in [-0.39, 0.29) is 6.61 Å². The van der Waals surface area contributed by atoms with E-state index in [2.05, 4.69) is 19.9 Å². The molecular formula is C7H11F2N3O. The fraction of sp³-hybridized carbons (Fsp3) is 0.714. The summed E-state index contributed by atoms with van der Waals surface area (Å²) in [5.74, 6) is 1.30. The maximum atomic E-state index is 11.6. The summed E-state index contributed by atoms with van der Waals surface area (Å²) in [6.45, 7) is 1.47. The number of alkyl halides is 2. The quantitative estimate of drug-likeness (QED) is 0.704. The van der Waals surface area contributed by atoms with E-state index >= 15 is 0 Å². The van der Waals surface area contributed by atoms with Gasteiger partial charge in [-0.25, -0.2) is 13.8 Å². The van der Waals surface area contributed by atoms with Gasteiger partial charge in [0.15, 0.2) is 5.82 Å². The van der Waals surface area contributed by atoms with Crippen LogP contribution in [-0.4, -0.2) is 34.8 Å². The number of aryl methyl sites for hydroxylation is 1. The van der Waals surface area contributed by atoms with Crippen molar-refractivity contribution in [3.63, 3.8) is 0 Å². The third-order valence-corrected chi connectivity index (χ3v) is 1.36. The fourth-order valence-electron chi connectivity index (χ4n) is 0.837. The summed E-state index contributed by atoms with van der Waals surface area (Å²) in [7, 11) is 0. The van der Waals surface area contributed by atoms with Crippen LogP contribution in [0.15, 0.2) is 0 Å². The van der Waals surface area contributed by atoms with Crippen molar-refractivity contribution < 1.29 is 13.5 Å². The zero-order valence-corrected chi connectivity index (χ0v) is 7.26. The van der Waals surface area contributed by atoms with Gasteiger partial charge >= 0.3 is 0 Å². The van der Waals surface area contributed by atoms with Crippen molar-refractivity contribution in [1.82, 2.24) is 15.2 Å². The number of nitrogens with zero attached hydrogens (tertiary/aromatic N) is 2. The third-order valence-electron chi connectivity index (χ3n) is 1.36. The first-order chi connectivity index (χ1) is 6.18. The van der Waals surface area contributed by atoms with Crippen LogP contribution >= 0.6 is 0 Å². The number of ether oxygens (including phenoxy) is 1. The summed E-state index contributed by atoms with van der Waals surface area (Å²) in [4.78, 5) is 3.99. The Kier molecular flexibility index (Phi) is 3.75. The van der Waals surface area contributed by atoms with Crippen LogP contribution in [0.2, 0.25) is 0 Å². The monoisotopic (exact) mass is 191 g/mol. The summed E-state index contributed by atoms with van der Waals surface area (Å²) in [6.07, 6.45) is -1.95. The van der Waals surface area contributed by atoms with E-state index in [1.807, 2.05) is 0 Å². The molecule has 0 aromatic carbocycles. The van der Waals surface area contributed by atoms with E-state index in [1.165, 1.54) is 0 Å². The topological polar surface area (TPSA) is 50.8 Å².